The molecule has 1 heterocycles. The number of hydrogen-bond donors (Lipinski definition) is 2. The molecular weight excluding hydrogens is 276 g/mol. The number of nitrogens with zero attached hydrogens (tertiary/aromatic N) is 2. The Kier molecular flexibility index (Phi) is 4.39. The maximum absolute atomic E-state index is 12.5. The van der Waals surface area contributed by atoms with Gasteiger partial charge in [-0.2, -0.15) is 5.10 Å². The highest BCUT2D eigenvalue weighted by Gasteiger charge is 2.29. The Balaban J connectivity index is 2.32. The molecular formula is C14H23ClN4O. The molecule has 0 bridgehead atoms. The first-order valence-corrected chi connectivity index (χ1v) is 7.49. The van der Waals surface area contributed by atoms with Gasteiger partial charge >= 0.3 is 0 Å². The van der Waals surface area contributed by atoms with Crippen molar-refractivity contribution in [1.29, 1.82) is 0 Å². The van der Waals surface area contributed by atoms with Crippen LogP contribution in [0, 0.1) is 11.8 Å². The van der Waals surface area contributed by atoms with Crippen molar-refractivity contribution in [2.75, 3.05) is 11.9 Å². The van der Waals surface area contributed by atoms with Crippen LogP contribution in [-0.4, -0.2) is 21.9 Å². The third kappa shape index (κ3) is 3.15. The van der Waals surface area contributed by atoms with Crippen LogP contribution in [0.15, 0.2) is 11.0 Å². The van der Waals surface area contributed by atoms with E-state index >= 15 is 0 Å². The van der Waals surface area contributed by atoms with Gasteiger partial charge in [0, 0.05) is 18.6 Å². The minimum Gasteiger partial charge on any atom is -0.373 e. The normalized spacial score (nSPS) is 18.1. The zero-order chi connectivity index (χ0) is 14.9. The number of anilines is 1. The first-order chi connectivity index (χ1) is 9.37. The lowest BCUT2D eigenvalue weighted by Crippen LogP contribution is -2.48. The average Bonchev–Trinajstić information content (AvgIpc) is 3.21. The molecule has 0 saturated heterocycles. The quantitative estimate of drug-likeness (QED) is 0.843. The molecule has 1 unspecified atom stereocenters. The number of rotatable bonds is 6. The Morgan fingerprint density at radius 3 is 2.75 bits per heavy atom. The van der Waals surface area contributed by atoms with E-state index in [1.807, 2.05) is 6.92 Å². The largest absolute Gasteiger partial charge is 0.373 e. The van der Waals surface area contributed by atoms with Gasteiger partial charge in [0.15, 0.2) is 0 Å². The van der Waals surface area contributed by atoms with Crippen LogP contribution >= 0.6 is 11.6 Å². The summed E-state index contributed by atoms with van der Waals surface area (Å²) in [5, 5.41) is 7.71. The van der Waals surface area contributed by atoms with Crippen molar-refractivity contribution in [2.24, 2.45) is 17.6 Å². The van der Waals surface area contributed by atoms with E-state index in [-0.39, 0.29) is 17.0 Å². The highest BCUT2D eigenvalue weighted by atomic mass is 35.5. The summed E-state index contributed by atoms with van der Waals surface area (Å²) in [6.45, 7) is 7.23. The van der Waals surface area contributed by atoms with Crippen molar-refractivity contribution in [3.05, 3.63) is 21.6 Å². The maximum Gasteiger partial charge on any atom is 0.291 e. The summed E-state index contributed by atoms with van der Waals surface area (Å²) in [6.07, 6.45) is 3.88. The zero-order valence-electron chi connectivity index (χ0n) is 12.3. The number of halogens is 1. The van der Waals surface area contributed by atoms with Crippen molar-refractivity contribution >= 4 is 17.3 Å². The molecule has 20 heavy (non-hydrogen) atoms. The van der Waals surface area contributed by atoms with Gasteiger partial charge in [0.2, 0.25) is 0 Å². The minimum atomic E-state index is -0.373. The topological polar surface area (TPSA) is 72.9 Å². The van der Waals surface area contributed by atoms with E-state index in [0.717, 1.165) is 0 Å². The molecule has 1 aromatic heterocycles. The Morgan fingerprint density at radius 1 is 1.60 bits per heavy atom. The van der Waals surface area contributed by atoms with Gasteiger partial charge in [-0.15, -0.1) is 0 Å². The van der Waals surface area contributed by atoms with Crippen LogP contribution < -0.4 is 16.6 Å². The molecule has 3 N–H and O–H groups in total. The second-order valence-corrected chi connectivity index (χ2v) is 6.61. The Morgan fingerprint density at radius 2 is 2.25 bits per heavy atom. The molecule has 112 valence electrons. The van der Waals surface area contributed by atoms with Gasteiger partial charge in [0.05, 0.1) is 11.2 Å². The van der Waals surface area contributed by atoms with Crippen LogP contribution in [0.5, 0.6) is 0 Å². The fraction of sp³-hybridized carbons (Fsp3) is 0.714. The van der Waals surface area contributed by atoms with E-state index in [1.165, 1.54) is 23.7 Å². The van der Waals surface area contributed by atoms with Crippen LogP contribution in [0.2, 0.25) is 5.02 Å². The summed E-state index contributed by atoms with van der Waals surface area (Å²) in [6, 6.07) is 0. The van der Waals surface area contributed by atoms with Gasteiger partial charge < -0.3 is 11.1 Å². The third-order valence-electron chi connectivity index (χ3n) is 4.23. The fourth-order valence-corrected chi connectivity index (χ4v) is 2.15. The minimum absolute atomic E-state index is 0.162. The Labute approximate surface area is 124 Å². The second kappa shape index (κ2) is 5.74. The molecule has 2 rings (SSSR count). The predicted octanol–water partition coefficient (Wildman–Crippen LogP) is 2.09. The van der Waals surface area contributed by atoms with Gasteiger partial charge in [0.25, 0.3) is 5.56 Å². The molecule has 0 aromatic carbocycles. The molecule has 1 aliphatic rings. The van der Waals surface area contributed by atoms with Gasteiger partial charge in [-0.1, -0.05) is 25.4 Å². The molecule has 0 amide bonds. The van der Waals surface area contributed by atoms with E-state index in [2.05, 4.69) is 24.3 Å². The Hall–Kier alpha value is -1.07. The van der Waals surface area contributed by atoms with Crippen molar-refractivity contribution in [2.45, 2.75) is 45.7 Å². The van der Waals surface area contributed by atoms with Crippen molar-refractivity contribution in [3.8, 4) is 0 Å². The molecule has 1 saturated carbocycles. The summed E-state index contributed by atoms with van der Waals surface area (Å²) in [7, 11) is 0. The molecule has 0 radical (unpaired) electrons. The highest BCUT2D eigenvalue weighted by molar-refractivity contribution is 6.33. The lowest BCUT2D eigenvalue weighted by atomic mass is 9.88. The lowest BCUT2D eigenvalue weighted by Gasteiger charge is -2.34. The van der Waals surface area contributed by atoms with Crippen LogP contribution in [0.1, 0.15) is 33.6 Å². The SMILES string of the molecule is CC(C)C(C)(CN)Nc1c(Cl)cnn(CC2CC2)c1=O. The second-order valence-electron chi connectivity index (χ2n) is 6.20. The Bertz CT molecular complexity index is 538. The van der Waals surface area contributed by atoms with E-state index < -0.39 is 0 Å². The standard InChI is InChI=1S/C14H23ClN4O/c1-9(2)14(3,8-16)18-12-11(15)6-17-19(13(12)20)7-10-4-5-10/h6,9-10,18H,4-5,7-8,16H2,1-3H3. The van der Waals surface area contributed by atoms with Crippen molar-refractivity contribution < 1.29 is 0 Å². The summed E-state index contributed by atoms with van der Waals surface area (Å²) >= 11 is 6.14. The average molecular weight is 299 g/mol. The monoisotopic (exact) mass is 298 g/mol. The van der Waals surface area contributed by atoms with E-state index in [4.69, 9.17) is 17.3 Å². The molecule has 1 aromatic rings. The molecule has 1 aliphatic carbocycles. The van der Waals surface area contributed by atoms with Gasteiger partial charge in [0.1, 0.15) is 5.69 Å². The third-order valence-corrected chi connectivity index (χ3v) is 4.52. The van der Waals surface area contributed by atoms with Crippen molar-refractivity contribution in [3.63, 3.8) is 0 Å². The first-order valence-electron chi connectivity index (χ1n) is 7.11. The molecule has 1 fully saturated rings. The predicted molar refractivity (Wildman–Crippen MR) is 82.2 cm³/mol. The van der Waals surface area contributed by atoms with Crippen LogP contribution in [0.4, 0.5) is 5.69 Å². The van der Waals surface area contributed by atoms with Crippen LogP contribution in [0.25, 0.3) is 0 Å². The summed E-state index contributed by atoms with van der Waals surface area (Å²) in [4.78, 5) is 12.5. The molecule has 5 nitrogen and oxygen atoms in total. The van der Waals surface area contributed by atoms with Crippen LogP contribution in [-0.2, 0) is 6.54 Å². The summed E-state index contributed by atoms with van der Waals surface area (Å²) < 4.78 is 1.50. The van der Waals surface area contributed by atoms with E-state index in [9.17, 15) is 4.79 Å². The maximum atomic E-state index is 12.5. The lowest BCUT2D eigenvalue weighted by molar-refractivity contribution is 0.381. The van der Waals surface area contributed by atoms with Gasteiger partial charge in [-0.05, 0) is 31.6 Å². The van der Waals surface area contributed by atoms with Crippen LogP contribution in [0.3, 0.4) is 0 Å². The number of aromatic nitrogens is 2. The summed E-state index contributed by atoms with van der Waals surface area (Å²) in [5.74, 6) is 0.855. The van der Waals surface area contributed by atoms with E-state index in [1.54, 1.807) is 0 Å². The molecule has 6 heteroatoms. The van der Waals surface area contributed by atoms with E-state index in [0.29, 0.717) is 29.7 Å². The van der Waals surface area contributed by atoms with Gasteiger partial charge in [-0.3, -0.25) is 4.79 Å². The summed E-state index contributed by atoms with van der Waals surface area (Å²) in [5.41, 5.74) is 5.73. The molecule has 0 aliphatic heterocycles. The number of nitrogens with one attached hydrogen (secondary N) is 1. The zero-order valence-corrected chi connectivity index (χ0v) is 13.1. The number of nitrogens with two attached hydrogens (primary N) is 1. The first kappa shape index (κ1) is 15.3. The van der Waals surface area contributed by atoms with Gasteiger partial charge in [-0.25, -0.2) is 4.68 Å². The molecule has 0 spiro atoms. The van der Waals surface area contributed by atoms with Crippen molar-refractivity contribution in [1.82, 2.24) is 9.78 Å². The number of hydrogen-bond acceptors (Lipinski definition) is 4. The fourth-order valence-electron chi connectivity index (χ4n) is 1.97. The molecule has 1 atom stereocenters. The smallest absolute Gasteiger partial charge is 0.291 e. The highest BCUT2D eigenvalue weighted by Crippen LogP contribution is 2.30.